The second kappa shape index (κ2) is 5.96. The predicted molar refractivity (Wildman–Crippen MR) is 70.8 cm³/mol. The first-order valence-corrected chi connectivity index (χ1v) is 5.99. The summed E-state index contributed by atoms with van der Waals surface area (Å²) in [5.41, 5.74) is 3.47. The Hall–Kier alpha value is -2.16. The molecule has 18 heavy (non-hydrogen) atoms. The molecule has 0 bridgehead atoms. The molecule has 0 amide bonds. The molecule has 3 nitrogen and oxygen atoms in total. The first kappa shape index (κ1) is 12.3. The molecule has 0 fully saturated rings. The first-order valence-electron chi connectivity index (χ1n) is 5.99. The van der Waals surface area contributed by atoms with Gasteiger partial charge in [-0.1, -0.05) is 35.5 Å². The van der Waals surface area contributed by atoms with Crippen LogP contribution in [0.3, 0.4) is 0 Å². The van der Waals surface area contributed by atoms with Crippen LogP contribution in [-0.2, 0) is 19.9 Å². The van der Waals surface area contributed by atoms with Gasteiger partial charge in [0.1, 0.15) is 13.3 Å². The molecule has 1 heterocycles. The van der Waals surface area contributed by atoms with Crippen LogP contribution in [0, 0.1) is 0 Å². The van der Waals surface area contributed by atoms with Gasteiger partial charge in [-0.25, -0.2) is 4.57 Å². The minimum atomic E-state index is 0.892. The third-order valence-electron chi connectivity index (χ3n) is 2.99. The van der Waals surface area contributed by atoms with Crippen molar-refractivity contribution >= 4 is 6.21 Å². The predicted octanol–water partition coefficient (Wildman–Crippen LogP) is 2.10. The summed E-state index contributed by atoms with van der Waals surface area (Å²) in [5.74, 6) is 0. The van der Waals surface area contributed by atoms with Crippen molar-refractivity contribution in [1.82, 2.24) is 0 Å². The van der Waals surface area contributed by atoms with E-state index in [-0.39, 0.29) is 0 Å². The average molecular weight is 241 g/mol. The fraction of sp³-hybridized carbons (Fsp3) is 0.200. The van der Waals surface area contributed by atoms with Gasteiger partial charge in [0.15, 0.2) is 6.20 Å². The van der Waals surface area contributed by atoms with Crippen molar-refractivity contribution in [2.24, 2.45) is 12.2 Å². The molecule has 0 spiro atoms. The topological polar surface area (TPSA) is 36.5 Å². The fourth-order valence-electron chi connectivity index (χ4n) is 1.91. The van der Waals surface area contributed by atoms with E-state index in [1.165, 1.54) is 17.3 Å². The largest absolute Gasteiger partial charge is 0.411 e. The number of oxime groups is 1. The van der Waals surface area contributed by atoms with Crippen LogP contribution in [0.5, 0.6) is 0 Å². The average Bonchev–Trinajstić information content (AvgIpc) is 2.41. The van der Waals surface area contributed by atoms with Gasteiger partial charge in [-0.2, -0.15) is 0 Å². The van der Waals surface area contributed by atoms with Crippen LogP contribution in [0.15, 0.2) is 53.8 Å². The summed E-state index contributed by atoms with van der Waals surface area (Å²) in [5, 5.41) is 11.7. The zero-order valence-corrected chi connectivity index (χ0v) is 10.5. The minimum Gasteiger partial charge on any atom is -0.411 e. The normalized spacial score (nSPS) is 10.9. The third-order valence-corrected chi connectivity index (χ3v) is 2.99. The Morgan fingerprint density at radius 1 is 1.11 bits per heavy atom. The van der Waals surface area contributed by atoms with E-state index < -0.39 is 0 Å². The summed E-state index contributed by atoms with van der Waals surface area (Å²) in [6, 6.07) is 14.6. The van der Waals surface area contributed by atoms with Crippen molar-refractivity contribution in [3.05, 3.63) is 65.5 Å². The van der Waals surface area contributed by atoms with E-state index in [1.807, 2.05) is 29.9 Å². The van der Waals surface area contributed by atoms with Crippen LogP contribution in [-0.4, -0.2) is 11.4 Å². The number of hydrogen-bond donors (Lipinski definition) is 1. The molecule has 2 rings (SSSR count). The lowest BCUT2D eigenvalue weighted by atomic mass is 10.0. The highest BCUT2D eigenvalue weighted by molar-refractivity contribution is 5.74. The summed E-state index contributed by atoms with van der Waals surface area (Å²) < 4.78 is 1.92. The lowest BCUT2D eigenvalue weighted by Gasteiger charge is -2.02. The Balaban J connectivity index is 2.08. The van der Waals surface area contributed by atoms with E-state index in [2.05, 4.69) is 35.5 Å². The van der Waals surface area contributed by atoms with Gasteiger partial charge < -0.3 is 5.21 Å². The third kappa shape index (κ3) is 3.17. The highest BCUT2D eigenvalue weighted by Gasteiger charge is 2.05. The van der Waals surface area contributed by atoms with Crippen LogP contribution in [0.4, 0.5) is 0 Å². The van der Waals surface area contributed by atoms with Crippen molar-refractivity contribution in [1.29, 1.82) is 0 Å². The summed E-state index contributed by atoms with van der Waals surface area (Å²) in [6.07, 6.45) is 5.44. The molecule has 0 saturated carbocycles. The molecule has 1 N–H and O–H groups in total. The van der Waals surface area contributed by atoms with E-state index in [0.29, 0.717) is 0 Å². The molecule has 0 unspecified atom stereocenters. The SMILES string of the molecule is C[n+]1ccc(CCc2ccccc2)cc1/C=N/O. The van der Waals surface area contributed by atoms with Gasteiger partial charge in [-0.15, -0.1) is 0 Å². The molecular formula is C15H17N2O+. The van der Waals surface area contributed by atoms with Crippen LogP contribution < -0.4 is 4.57 Å². The molecule has 3 heteroatoms. The molecule has 0 aliphatic carbocycles. The Bertz CT molecular complexity index is 535. The number of pyridine rings is 1. The number of aromatic nitrogens is 1. The molecule has 2 aromatic rings. The zero-order valence-electron chi connectivity index (χ0n) is 10.5. The fourth-order valence-corrected chi connectivity index (χ4v) is 1.91. The van der Waals surface area contributed by atoms with Crippen LogP contribution in [0.1, 0.15) is 16.8 Å². The van der Waals surface area contributed by atoms with Crippen molar-refractivity contribution < 1.29 is 9.77 Å². The Kier molecular flexibility index (Phi) is 4.07. The van der Waals surface area contributed by atoms with Crippen molar-refractivity contribution in [3.8, 4) is 0 Å². The van der Waals surface area contributed by atoms with Crippen molar-refractivity contribution in [2.45, 2.75) is 12.8 Å². The lowest BCUT2D eigenvalue weighted by Crippen LogP contribution is -2.33. The molecule has 1 aromatic heterocycles. The smallest absolute Gasteiger partial charge is 0.227 e. The van der Waals surface area contributed by atoms with E-state index in [1.54, 1.807) is 0 Å². The number of benzene rings is 1. The number of nitrogens with zero attached hydrogens (tertiary/aromatic N) is 2. The second-order valence-corrected chi connectivity index (χ2v) is 4.30. The van der Waals surface area contributed by atoms with Gasteiger partial charge in [0.05, 0.1) is 0 Å². The summed E-state index contributed by atoms with van der Waals surface area (Å²) in [6.45, 7) is 0. The number of hydrogen-bond acceptors (Lipinski definition) is 2. The molecule has 0 aliphatic rings. The van der Waals surface area contributed by atoms with Crippen LogP contribution in [0.2, 0.25) is 0 Å². The highest BCUT2D eigenvalue weighted by Crippen LogP contribution is 2.06. The maximum Gasteiger partial charge on any atom is 0.227 e. The van der Waals surface area contributed by atoms with Gasteiger partial charge in [0, 0.05) is 12.1 Å². The molecule has 92 valence electrons. The van der Waals surface area contributed by atoms with E-state index in [0.717, 1.165) is 18.5 Å². The first-order chi connectivity index (χ1) is 8.79. The van der Waals surface area contributed by atoms with Crippen molar-refractivity contribution in [2.75, 3.05) is 0 Å². The maximum atomic E-state index is 8.60. The molecular weight excluding hydrogens is 224 g/mol. The number of rotatable bonds is 4. The van der Waals surface area contributed by atoms with Crippen LogP contribution in [0.25, 0.3) is 0 Å². The van der Waals surface area contributed by atoms with E-state index in [4.69, 9.17) is 5.21 Å². The Morgan fingerprint density at radius 3 is 2.56 bits per heavy atom. The summed E-state index contributed by atoms with van der Waals surface area (Å²) >= 11 is 0. The molecule has 0 radical (unpaired) electrons. The summed E-state index contributed by atoms with van der Waals surface area (Å²) in [4.78, 5) is 0. The van der Waals surface area contributed by atoms with Gasteiger partial charge in [-0.3, -0.25) is 0 Å². The van der Waals surface area contributed by atoms with Gasteiger partial charge in [-0.05, 0) is 24.0 Å². The van der Waals surface area contributed by atoms with E-state index in [9.17, 15) is 0 Å². The number of aryl methyl sites for hydroxylation is 3. The molecule has 1 aromatic carbocycles. The lowest BCUT2D eigenvalue weighted by molar-refractivity contribution is -0.672. The molecule has 0 atom stereocenters. The molecule has 0 aliphatic heterocycles. The Morgan fingerprint density at radius 2 is 1.83 bits per heavy atom. The maximum absolute atomic E-state index is 8.60. The van der Waals surface area contributed by atoms with Gasteiger partial charge in [0.25, 0.3) is 0 Å². The zero-order chi connectivity index (χ0) is 12.8. The van der Waals surface area contributed by atoms with Crippen LogP contribution >= 0.6 is 0 Å². The minimum absolute atomic E-state index is 0.892. The quantitative estimate of drug-likeness (QED) is 0.378. The standard InChI is InChI=1S/C15H16N2O/c1-17-10-9-14(11-15(17)12-16-18)8-7-13-5-3-2-4-6-13/h2-6,9-12H,7-8H2,1H3/p+1. The monoisotopic (exact) mass is 241 g/mol. The highest BCUT2D eigenvalue weighted by atomic mass is 16.4. The van der Waals surface area contributed by atoms with Crippen molar-refractivity contribution in [3.63, 3.8) is 0 Å². The Labute approximate surface area is 107 Å². The second-order valence-electron chi connectivity index (χ2n) is 4.30. The summed E-state index contributed by atoms with van der Waals surface area (Å²) in [7, 11) is 1.93. The van der Waals surface area contributed by atoms with E-state index >= 15 is 0 Å². The van der Waals surface area contributed by atoms with Gasteiger partial charge in [0.2, 0.25) is 5.69 Å². The molecule has 0 saturated heterocycles. The van der Waals surface area contributed by atoms with Gasteiger partial charge >= 0.3 is 0 Å².